The minimum absolute atomic E-state index is 0.0137. The Morgan fingerprint density at radius 2 is 1.67 bits per heavy atom. The highest BCUT2D eigenvalue weighted by Gasteiger charge is 2.25. The van der Waals surface area contributed by atoms with Crippen LogP contribution in [0.5, 0.6) is 0 Å². The smallest absolute Gasteiger partial charge is 0.309 e. The molecule has 1 aliphatic carbocycles. The number of nitrogens with zero attached hydrogens (tertiary/aromatic N) is 2. The van der Waals surface area contributed by atoms with Gasteiger partial charge in [0, 0.05) is 45.5 Å². The molecule has 2 amide bonds. The molecule has 2 N–H and O–H groups in total. The summed E-state index contributed by atoms with van der Waals surface area (Å²) in [6, 6.07) is 8.52. The van der Waals surface area contributed by atoms with Crippen LogP contribution in [0.25, 0.3) is 0 Å². The van der Waals surface area contributed by atoms with Crippen LogP contribution in [0.15, 0.2) is 24.3 Å². The largest absolute Gasteiger partial charge is 0.379 e. The molecule has 1 aromatic carbocycles. The lowest BCUT2D eigenvalue weighted by molar-refractivity contribution is -0.139. The van der Waals surface area contributed by atoms with E-state index in [1.807, 2.05) is 14.1 Å². The van der Waals surface area contributed by atoms with E-state index in [0.717, 1.165) is 50.0 Å². The van der Waals surface area contributed by atoms with Gasteiger partial charge < -0.3 is 20.3 Å². The molecule has 0 radical (unpaired) electrons. The fourth-order valence-electron chi connectivity index (χ4n) is 4.29. The number of nitrogens with one attached hydrogen (secondary N) is 2. The summed E-state index contributed by atoms with van der Waals surface area (Å²) in [4.78, 5) is 29.3. The first-order chi connectivity index (χ1) is 14.5. The topological polar surface area (TPSA) is 73.9 Å². The zero-order valence-electron chi connectivity index (χ0n) is 18.4. The molecule has 0 bridgehead atoms. The predicted molar refractivity (Wildman–Crippen MR) is 119 cm³/mol. The molecule has 30 heavy (non-hydrogen) atoms. The number of ether oxygens (including phenoxy) is 1. The Labute approximate surface area is 180 Å². The minimum atomic E-state index is -0.539. The third-order valence-electron chi connectivity index (χ3n) is 6.13. The van der Waals surface area contributed by atoms with E-state index in [4.69, 9.17) is 4.74 Å². The fraction of sp³-hybridized carbons (Fsp3) is 0.652. The number of anilines is 1. The quantitative estimate of drug-likeness (QED) is 0.549. The Hall–Kier alpha value is -2.12. The highest BCUT2D eigenvalue weighted by Crippen LogP contribution is 2.24. The predicted octanol–water partition coefficient (Wildman–Crippen LogP) is 2.08. The van der Waals surface area contributed by atoms with Gasteiger partial charge in [0.2, 0.25) is 0 Å². The van der Waals surface area contributed by atoms with Gasteiger partial charge in [-0.1, -0.05) is 37.8 Å². The summed E-state index contributed by atoms with van der Waals surface area (Å²) >= 11 is 0. The van der Waals surface area contributed by atoms with Crippen molar-refractivity contribution in [1.82, 2.24) is 15.5 Å². The molecule has 0 spiro atoms. The molecule has 1 aromatic rings. The van der Waals surface area contributed by atoms with E-state index in [-0.39, 0.29) is 12.1 Å². The van der Waals surface area contributed by atoms with Crippen molar-refractivity contribution in [3.8, 4) is 0 Å². The number of amides is 2. The number of rotatable bonds is 6. The molecule has 2 fully saturated rings. The van der Waals surface area contributed by atoms with E-state index >= 15 is 0 Å². The molecule has 0 unspecified atom stereocenters. The Morgan fingerprint density at radius 1 is 1.03 bits per heavy atom. The maximum absolute atomic E-state index is 12.5. The Balaban J connectivity index is 1.60. The highest BCUT2D eigenvalue weighted by atomic mass is 16.5. The molecule has 3 rings (SSSR count). The summed E-state index contributed by atoms with van der Waals surface area (Å²) < 4.78 is 5.50. The Morgan fingerprint density at radius 3 is 2.27 bits per heavy atom. The van der Waals surface area contributed by atoms with Gasteiger partial charge in [0.25, 0.3) is 0 Å². The van der Waals surface area contributed by atoms with Gasteiger partial charge in [-0.15, -0.1) is 0 Å². The lowest BCUT2D eigenvalue weighted by Crippen LogP contribution is -2.48. The van der Waals surface area contributed by atoms with Gasteiger partial charge in [-0.25, -0.2) is 0 Å². The summed E-state index contributed by atoms with van der Waals surface area (Å²) in [5, 5.41) is 5.81. The van der Waals surface area contributed by atoms with Crippen LogP contribution in [0.2, 0.25) is 0 Å². The van der Waals surface area contributed by atoms with Crippen molar-refractivity contribution in [3.05, 3.63) is 29.8 Å². The van der Waals surface area contributed by atoms with Crippen molar-refractivity contribution >= 4 is 17.5 Å². The van der Waals surface area contributed by atoms with Gasteiger partial charge in [0.15, 0.2) is 0 Å². The first-order valence-electron chi connectivity index (χ1n) is 11.2. The number of benzene rings is 1. The maximum atomic E-state index is 12.5. The van der Waals surface area contributed by atoms with Gasteiger partial charge in [0.1, 0.15) is 0 Å². The van der Waals surface area contributed by atoms with Crippen LogP contribution in [-0.2, 0) is 14.3 Å². The van der Waals surface area contributed by atoms with Crippen molar-refractivity contribution in [2.75, 3.05) is 51.8 Å². The summed E-state index contributed by atoms with van der Waals surface area (Å²) in [6.45, 7) is 3.39. The van der Waals surface area contributed by atoms with E-state index in [9.17, 15) is 9.59 Å². The summed E-state index contributed by atoms with van der Waals surface area (Å²) in [5.74, 6) is -1.05. The van der Waals surface area contributed by atoms with Gasteiger partial charge in [-0.2, -0.15) is 0 Å². The highest BCUT2D eigenvalue weighted by molar-refractivity contribution is 6.35. The number of hydrogen-bond donors (Lipinski definition) is 2. The Kier molecular flexibility index (Phi) is 8.51. The van der Waals surface area contributed by atoms with Gasteiger partial charge in [0.05, 0.1) is 19.3 Å². The molecule has 1 heterocycles. The minimum Gasteiger partial charge on any atom is -0.379 e. The zero-order chi connectivity index (χ0) is 21.3. The SMILES string of the molecule is CN(C)c1ccc([C@@H](CNC(=O)C(=O)NC2CCCCCC2)N2CCOCC2)cc1. The van der Waals surface area contributed by atoms with E-state index < -0.39 is 11.8 Å². The number of morpholine rings is 1. The second-order valence-corrected chi connectivity index (χ2v) is 8.52. The molecule has 2 aliphatic rings. The third-order valence-corrected chi connectivity index (χ3v) is 6.13. The van der Waals surface area contributed by atoms with E-state index in [1.165, 1.54) is 12.8 Å². The lowest BCUT2D eigenvalue weighted by Gasteiger charge is -2.35. The summed E-state index contributed by atoms with van der Waals surface area (Å²) in [7, 11) is 4.03. The van der Waals surface area contributed by atoms with Crippen LogP contribution in [0.4, 0.5) is 5.69 Å². The van der Waals surface area contributed by atoms with Crippen molar-refractivity contribution < 1.29 is 14.3 Å². The van der Waals surface area contributed by atoms with Crippen LogP contribution < -0.4 is 15.5 Å². The monoisotopic (exact) mass is 416 g/mol. The van der Waals surface area contributed by atoms with Crippen LogP contribution >= 0.6 is 0 Å². The second-order valence-electron chi connectivity index (χ2n) is 8.52. The second kappa shape index (κ2) is 11.3. The number of hydrogen-bond acceptors (Lipinski definition) is 5. The van der Waals surface area contributed by atoms with E-state index in [2.05, 4.69) is 44.7 Å². The average Bonchev–Trinajstić information content (AvgIpc) is 3.03. The summed E-state index contributed by atoms with van der Waals surface area (Å²) in [6.07, 6.45) is 6.60. The van der Waals surface area contributed by atoms with Crippen LogP contribution in [0.1, 0.15) is 50.1 Å². The first-order valence-corrected chi connectivity index (χ1v) is 11.2. The van der Waals surface area contributed by atoms with Crippen molar-refractivity contribution in [2.45, 2.75) is 50.6 Å². The molecule has 0 aromatic heterocycles. The van der Waals surface area contributed by atoms with E-state index in [0.29, 0.717) is 19.8 Å². The van der Waals surface area contributed by atoms with Crippen LogP contribution in [-0.4, -0.2) is 69.7 Å². The molecule has 7 heteroatoms. The molecular weight excluding hydrogens is 380 g/mol. The standard InChI is InChI=1S/C23H36N4O3/c1-26(2)20-11-9-18(10-12-20)21(27-13-15-30-16-14-27)17-24-22(28)23(29)25-19-7-5-3-4-6-8-19/h9-12,19,21H,3-8,13-17H2,1-2H3,(H,24,28)(H,25,29)/t21-/m1/s1. The van der Waals surface area contributed by atoms with Gasteiger partial charge in [-0.05, 0) is 30.5 Å². The molecule has 1 saturated heterocycles. The van der Waals surface area contributed by atoms with Crippen molar-refractivity contribution in [2.24, 2.45) is 0 Å². The van der Waals surface area contributed by atoms with Gasteiger partial charge in [-0.3, -0.25) is 14.5 Å². The Bertz CT molecular complexity index is 678. The molecule has 7 nitrogen and oxygen atoms in total. The lowest BCUT2D eigenvalue weighted by atomic mass is 10.0. The number of carbonyl (C=O) groups excluding carboxylic acids is 2. The summed E-state index contributed by atoms with van der Waals surface area (Å²) in [5.41, 5.74) is 2.26. The zero-order valence-corrected chi connectivity index (χ0v) is 18.4. The molecule has 1 aliphatic heterocycles. The maximum Gasteiger partial charge on any atom is 0.309 e. The molecule has 1 atom stereocenters. The average molecular weight is 417 g/mol. The third kappa shape index (κ3) is 6.44. The van der Waals surface area contributed by atoms with Gasteiger partial charge >= 0.3 is 11.8 Å². The first kappa shape index (κ1) is 22.6. The van der Waals surface area contributed by atoms with E-state index in [1.54, 1.807) is 0 Å². The van der Waals surface area contributed by atoms with Crippen molar-refractivity contribution in [3.63, 3.8) is 0 Å². The molecule has 166 valence electrons. The van der Waals surface area contributed by atoms with Crippen LogP contribution in [0.3, 0.4) is 0 Å². The van der Waals surface area contributed by atoms with Crippen molar-refractivity contribution in [1.29, 1.82) is 0 Å². The normalized spacial score (nSPS) is 19.5. The van der Waals surface area contributed by atoms with Crippen LogP contribution in [0, 0.1) is 0 Å². The fourth-order valence-corrected chi connectivity index (χ4v) is 4.29. The number of carbonyl (C=O) groups is 2. The molecular formula is C23H36N4O3. The molecule has 1 saturated carbocycles.